The molecule has 4 aromatic rings. The highest BCUT2D eigenvalue weighted by atomic mass is 35.5. The fraction of sp³-hybridized carbons (Fsp3) is 0.103. The Hall–Kier alpha value is -3.78. The lowest BCUT2D eigenvalue weighted by Crippen LogP contribution is -2.43. The lowest BCUT2D eigenvalue weighted by Gasteiger charge is -2.30. The van der Waals surface area contributed by atoms with Gasteiger partial charge in [0.1, 0.15) is 10.4 Å². The van der Waals surface area contributed by atoms with Crippen molar-refractivity contribution in [3.8, 4) is 11.3 Å². The van der Waals surface area contributed by atoms with Gasteiger partial charge in [-0.3, -0.25) is 9.78 Å². The van der Waals surface area contributed by atoms with Gasteiger partial charge >= 0.3 is 5.97 Å². The van der Waals surface area contributed by atoms with E-state index in [0.717, 1.165) is 16.7 Å². The summed E-state index contributed by atoms with van der Waals surface area (Å²) in [6.45, 7) is 0.250. The lowest BCUT2D eigenvalue weighted by atomic mass is 9.75. The number of carboxylic acid groups (broad SMARTS) is 1. The number of halogens is 2. The Morgan fingerprint density at radius 3 is 2.50 bits per heavy atom. The molecule has 0 saturated carbocycles. The summed E-state index contributed by atoms with van der Waals surface area (Å²) in [6, 6.07) is 18.1. The van der Waals surface area contributed by atoms with Crippen LogP contribution in [0, 0.1) is 0 Å². The standard InChI is InChI=1S/C29H21Cl2N3O3S/c30-23-7-6-20(14-24(23)31)25-17-38-28(34-25)29(27(37)33-16-18-9-12-32-13-10-18)11-8-21(22(15-29)26(35)36)19-4-2-1-3-5-19/h1-15,17,21H,16H2,(H,33,37)(H,35,36). The zero-order valence-corrected chi connectivity index (χ0v) is 22.2. The minimum absolute atomic E-state index is 0.101. The first-order valence-electron chi connectivity index (χ1n) is 11.7. The van der Waals surface area contributed by atoms with Crippen molar-refractivity contribution in [1.29, 1.82) is 0 Å². The second-order valence-electron chi connectivity index (χ2n) is 8.73. The second kappa shape index (κ2) is 10.9. The molecule has 1 aliphatic rings. The minimum atomic E-state index is -1.43. The Labute approximate surface area is 233 Å². The number of hydrogen-bond donors (Lipinski definition) is 2. The minimum Gasteiger partial charge on any atom is -0.478 e. The molecule has 2 unspecified atom stereocenters. The van der Waals surface area contributed by atoms with Crippen LogP contribution in [0.2, 0.25) is 10.0 Å². The molecule has 6 nitrogen and oxygen atoms in total. The van der Waals surface area contributed by atoms with Crippen LogP contribution >= 0.6 is 34.5 Å². The van der Waals surface area contributed by atoms with Crippen LogP contribution in [0.4, 0.5) is 0 Å². The predicted octanol–water partition coefficient (Wildman–Crippen LogP) is 6.43. The Kier molecular flexibility index (Phi) is 7.42. The fourth-order valence-corrected chi connectivity index (χ4v) is 5.61. The molecule has 0 saturated heterocycles. The number of carbonyl (C=O) groups excluding carboxylic acids is 1. The Morgan fingerprint density at radius 2 is 1.79 bits per heavy atom. The van der Waals surface area contributed by atoms with Gasteiger partial charge in [0, 0.05) is 41.4 Å². The van der Waals surface area contributed by atoms with Gasteiger partial charge in [0.25, 0.3) is 0 Å². The normalized spacial score (nSPS) is 18.6. The maximum atomic E-state index is 13.9. The SMILES string of the molecule is O=C(O)C1=CC(C(=O)NCc2ccncc2)(c2nc(-c3ccc(Cl)c(Cl)c3)cs2)C=CC1c1ccccc1. The number of amides is 1. The molecule has 2 N–H and O–H groups in total. The summed E-state index contributed by atoms with van der Waals surface area (Å²) in [5.41, 5.74) is 1.70. The molecule has 190 valence electrons. The van der Waals surface area contributed by atoms with Crippen molar-refractivity contribution in [2.24, 2.45) is 0 Å². The Bertz CT molecular complexity index is 1550. The zero-order chi connectivity index (χ0) is 26.7. The third-order valence-electron chi connectivity index (χ3n) is 6.33. The number of pyridine rings is 1. The number of rotatable bonds is 7. The summed E-state index contributed by atoms with van der Waals surface area (Å²) < 4.78 is 0. The fourth-order valence-electron chi connectivity index (χ4n) is 4.33. The van der Waals surface area contributed by atoms with Crippen molar-refractivity contribution in [3.05, 3.63) is 128 Å². The summed E-state index contributed by atoms with van der Waals surface area (Å²) >= 11 is 13.6. The van der Waals surface area contributed by atoms with Crippen LogP contribution in [0.1, 0.15) is 22.1 Å². The molecule has 2 atom stereocenters. The van der Waals surface area contributed by atoms with E-state index in [0.29, 0.717) is 20.7 Å². The third-order valence-corrected chi connectivity index (χ3v) is 8.06. The Balaban J connectivity index is 1.58. The van der Waals surface area contributed by atoms with Gasteiger partial charge in [-0.2, -0.15) is 0 Å². The van der Waals surface area contributed by atoms with Crippen LogP contribution < -0.4 is 5.32 Å². The van der Waals surface area contributed by atoms with Crippen LogP contribution in [0.3, 0.4) is 0 Å². The molecule has 0 spiro atoms. The van der Waals surface area contributed by atoms with Gasteiger partial charge in [0.15, 0.2) is 0 Å². The number of aliphatic carboxylic acids is 1. The molecule has 0 fully saturated rings. The first-order valence-corrected chi connectivity index (χ1v) is 13.3. The van der Waals surface area contributed by atoms with Gasteiger partial charge in [0.05, 0.1) is 15.7 Å². The number of benzene rings is 2. The van der Waals surface area contributed by atoms with Crippen LogP contribution in [0.15, 0.2) is 102 Å². The summed E-state index contributed by atoms with van der Waals surface area (Å²) in [4.78, 5) is 35.1. The van der Waals surface area contributed by atoms with E-state index in [1.165, 1.54) is 17.4 Å². The molecule has 1 amide bonds. The molecule has 0 aliphatic heterocycles. The van der Waals surface area contributed by atoms with Crippen molar-refractivity contribution in [3.63, 3.8) is 0 Å². The van der Waals surface area contributed by atoms with Crippen LogP contribution in [0.25, 0.3) is 11.3 Å². The number of thiazole rings is 1. The van der Waals surface area contributed by atoms with E-state index in [2.05, 4.69) is 10.3 Å². The number of carbonyl (C=O) groups is 2. The molecule has 9 heteroatoms. The number of carboxylic acids is 1. The van der Waals surface area contributed by atoms with Crippen LogP contribution in [0.5, 0.6) is 0 Å². The lowest BCUT2D eigenvalue weighted by molar-refractivity contribution is -0.132. The molecule has 1 aliphatic carbocycles. The maximum absolute atomic E-state index is 13.9. The van der Waals surface area contributed by atoms with E-state index >= 15 is 0 Å². The van der Waals surface area contributed by atoms with Gasteiger partial charge in [0.2, 0.25) is 5.91 Å². The highest BCUT2D eigenvalue weighted by Gasteiger charge is 2.43. The highest BCUT2D eigenvalue weighted by Crippen LogP contribution is 2.42. The van der Waals surface area contributed by atoms with Gasteiger partial charge < -0.3 is 10.4 Å². The monoisotopic (exact) mass is 561 g/mol. The topological polar surface area (TPSA) is 92.2 Å². The molecule has 2 heterocycles. The van der Waals surface area contributed by atoms with Gasteiger partial charge in [-0.15, -0.1) is 11.3 Å². The number of aromatic nitrogens is 2. The molecular weight excluding hydrogens is 541 g/mol. The van der Waals surface area contributed by atoms with Gasteiger partial charge in [-0.05, 0) is 41.5 Å². The molecule has 5 rings (SSSR count). The summed E-state index contributed by atoms with van der Waals surface area (Å²) in [7, 11) is 0. The molecule has 0 bridgehead atoms. The molecule has 0 radical (unpaired) electrons. The number of hydrogen-bond acceptors (Lipinski definition) is 5. The van der Waals surface area contributed by atoms with E-state index in [4.69, 9.17) is 28.2 Å². The summed E-state index contributed by atoms with van der Waals surface area (Å²) in [5.74, 6) is -1.99. The van der Waals surface area contributed by atoms with Gasteiger partial charge in [-0.25, -0.2) is 9.78 Å². The number of nitrogens with one attached hydrogen (secondary N) is 1. The second-order valence-corrected chi connectivity index (χ2v) is 10.4. The number of nitrogens with zero attached hydrogens (tertiary/aromatic N) is 2. The van der Waals surface area contributed by atoms with Gasteiger partial charge in [-0.1, -0.05) is 71.8 Å². The van der Waals surface area contributed by atoms with E-state index < -0.39 is 17.3 Å². The molecule has 38 heavy (non-hydrogen) atoms. The quantitative estimate of drug-likeness (QED) is 0.253. The molecular formula is C29H21Cl2N3O3S. The van der Waals surface area contributed by atoms with E-state index in [-0.39, 0.29) is 18.0 Å². The van der Waals surface area contributed by atoms with E-state index in [1.54, 1.807) is 54.9 Å². The first-order chi connectivity index (χ1) is 18.4. The van der Waals surface area contributed by atoms with Crippen molar-refractivity contribution >= 4 is 46.4 Å². The average molecular weight is 562 g/mol. The largest absolute Gasteiger partial charge is 0.478 e. The van der Waals surface area contributed by atoms with Crippen LogP contribution in [-0.2, 0) is 21.5 Å². The zero-order valence-electron chi connectivity index (χ0n) is 19.8. The predicted molar refractivity (Wildman–Crippen MR) is 149 cm³/mol. The van der Waals surface area contributed by atoms with Crippen molar-refractivity contribution in [2.45, 2.75) is 17.9 Å². The van der Waals surface area contributed by atoms with E-state index in [9.17, 15) is 14.7 Å². The third kappa shape index (κ3) is 5.13. The summed E-state index contributed by atoms with van der Waals surface area (Å²) in [5, 5.41) is 16.2. The van der Waals surface area contributed by atoms with Crippen LogP contribution in [-0.4, -0.2) is 27.0 Å². The molecule has 2 aromatic heterocycles. The van der Waals surface area contributed by atoms with Crippen molar-refractivity contribution in [1.82, 2.24) is 15.3 Å². The van der Waals surface area contributed by atoms with Crippen molar-refractivity contribution in [2.75, 3.05) is 0 Å². The summed E-state index contributed by atoms with van der Waals surface area (Å²) in [6.07, 6.45) is 8.33. The first kappa shape index (κ1) is 25.9. The maximum Gasteiger partial charge on any atom is 0.332 e. The number of allylic oxidation sites excluding steroid dienone is 1. The van der Waals surface area contributed by atoms with E-state index in [1.807, 2.05) is 35.7 Å². The van der Waals surface area contributed by atoms with Crippen molar-refractivity contribution < 1.29 is 14.7 Å². The smallest absolute Gasteiger partial charge is 0.332 e. The Morgan fingerprint density at radius 1 is 1.03 bits per heavy atom. The highest BCUT2D eigenvalue weighted by molar-refractivity contribution is 7.10. The average Bonchev–Trinajstić information content (AvgIpc) is 3.45. The molecule has 2 aromatic carbocycles.